The van der Waals surface area contributed by atoms with E-state index in [2.05, 4.69) is 10.3 Å². The molecular formula is C29H31N3O4. The van der Waals surface area contributed by atoms with Crippen LogP contribution in [0, 0.1) is 6.92 Å². The first-order valence-electron chi connectivity index (χ1n) is 12.2. The minimum atomic E-state index is -0.845. The van der Waals surface area contributed by atoms with Gasteiger partial charge < -0.3 is 18.9 Å². The van der Waals surface area contributed by atoms with Gasteiger partial charge >= 0.3 is 0 Å². The molecular weight excluding hydrogens is 454 g/mol. The first kappa shape index (κ1) is 24.3. The summed E-state index contributed by atoms with van der Waals surface area (Å²) in [7, 11) is 0. The summed E-state index contributed by atoms with van der Waals surface area (Å²) in [5.74, 6) is 0. The second-order valence-electron chi connectivity index (χ2n) is 9.06. The molecule has 0 bridgehead atoms. The Labute approximate surface area is 211 Å². The van der Waals surface area contributed by atoms with E-state index in [1.165, 1.54) is 0 Å². The lowest BCUT2D eigenvalue weighted by atomic mass is 9.98. The smallest absolute Gasteiger partial charge is 0.181 e. The monoisotopic (exact) mass is 485 g/mol. The second kappa shape index (κ2) is 11.6. The standard InChI is InChI=1S/C29H31N3O4/c1-23-17-30-31-32(23)28-27(34-19-25-13-7-3-8-14-25)29(22-35-28,36-20-26-15-9-4-10-16-26)21-33-18-24-11-5-2-6-12-24/h2-17,27-28H,18-22H2,1H3/t27-,28+,29+/m0/s1. The third-order valence-electron chi connectivity index (χ3n) is 6.37. The summed E-state index contributed by atoms with van der Waals surface area (Å²) < 4.78 is 27.5. The molecule has 1 fully saturated rings. The summed E-state index contributed by atoms with van der Waals surface area (Å²) in [4.78, 5) is 0. The molecule has 1 aromatic heterocycles. The summed E-state index contributed by atoms with van der Waals surface area (Å²) in [6, 6.07) is 30.3. The molecule has 0 radical (unpaired) electrons. The molecule has 0 amide bonds. The number of hydrogen-bond acceptors (Lipinski definition) is 6. The van der Waals surface area contributed by atoms with Crippen LogP contribution in [0.15, 0.2) is 97.2 Å². The minimum Gasteiger partial charge on any atom is -0.374 e. The first-order chi connectivity index (χ1) is 17.7. The summed E-state index contributed by atoms with van der Waals surface area (Å²) in [6.45, 7) is 3.85. The van der Waals surface area contributed by atoms with Crippen LogP contribution < -0.4 is 0 Å². The number of aryl methyl sites for hydroxylation is 1. The quantitative estimate of drug-likeness (QED) is 0.302. The summed E-state index contributed by atoms with van der Waals surface area (Å²) in [5.41, 5.74) is 3.28. The van der Waals surface area contributed by atoms with E-state index < -0.39 is 17.9 Å². The van der Waals surface area contributed by atoms with Crippen molar-refractivity contribution in [3.05, 3.63) is 120 Å². The van der Waals surface area contributed by atoms with Gasteiger partial charge in [-0.05, 0) is 23.6 Å². The Balaban J connectivity index is 1.41. The van der Waals surface area contributed by atoms with Gasteiger partial charge in [-0.15, -0.1) is 5.10 Å². The van der Waals surface area contributed by atoms with Crippen LogP contribution in [0.3, 0.4) is 0 Å². The third kappa shape index (κ3) is 5.71. The van der Waals surface area contributed by atoms with Crippen molar-refractivity contribution in [1.29, 1.82) is 0 Å². The van der Waals surface area contributed by atoms with Gasteiger partial charge in [0.2, 0.25) is 0 Å². The Kier molecular flexibility index (Phi) is 7.83. The molecule has 7 nitrogen and oxygen atoms in total. The van der Waals surface area contributed by atoms with Crippen molar-refractivity contribution in [2.24, 2.45) is 0 Å². The van der Waals surface area contributed by atoms with E-state index in [0.29, 0.717) is 33.0 Å². The lowest BCUT2D eigenvalue weighted by Gasteiger charge is -2.35. The van der Waals surface area contributed by atoms with Gasteiger partial charge in [0, 0.05) is 0 Å². The second-order valence-corrected chi connectivity index (χ2v) is 9.06. The van der Waals surface area contributed by atoms with Crippen LogP contribution in [-0.4, -0.2) is 39.9 Å². The molecule has 2 heterocycles. The number of hydrogen-bond donors (Lipinski definition) is 0. The van der Waals surface area contributed by atoms with Gasteiger partial charge in [0.25, 0.3) is 0 Å². The van der Waals surface area contributed by atoms with Gasteiger partial charge in [0.05, 0.1) is 44.9 Å². The van der Waals surface area contributed by atoms with Crippen molar-refractivity contribution in [3.63, 3.8) is 0 Å². The molecule has 0 spiro atoms. The van der Waals surface area contributed by atoms with E-state index in [-0.39, 0.29) is 0 Å². The minimum absolute atomic E-state index is 0.304. The number of ether oxygens (including phenoxy) is 4. The zero-order valence-corrected chi connectivity index (χ0v) is 20.4. The summed E-state index contributed by atoms with van der Waals surface area (Å²) >= 11 is 0. The van der Waals surface area contributed by atoms with E-state index in [0.717, 1.165) is 22.4 Å². The van der Waals surface area contributed by atoms with Crippen molar-refractivity contribution in [2.75, 3.05) is 13.2 Å². The van der Waals surface area contributed by atoms with Crippen molar-refractivity contribution in [2.45, 2.75) is 44.7 Å². The Hall–Kier alpha value is -3.36. The lowest BCUT2D eigenvalue weighted by molar-refractivity contribution is -0.175. The fourth-order valence-corrected chi connectivity index (χ4v) is 4.40. The van der Waals surface area contributed by atoms with Crippen LogP contribution in [0.1, 0.15) is 28.6 Å². The largest absolute Gasteiger partial charge is 0.374 e. The van der Waals surface area contributed by atoms with Crippen LogP contribution in [0.2, 0.25) is 0 Å². The highest BCUT2D eigenvalue weighted by Gasteiger charge is 2.54. The lowest BCUT2D eigenvalue weighted by Crippen LogP contribution is -2.50. The van der Waals surface area contributed by atoms with Gasteiger partial charge in [-0.25, -0.2) is 4.68 Å². The van der Waals surface area contributed by atoms with E-state index in [1.54, 1.807) is 10.9 Å². The zero-order chi connectivity index (χ0) is 24.6. The average molecular weight is 486 g/mol. The van der Waals surface area contributed by atoms with Crippen molar-refractivity contribution in [1.82, 2.24) is 15.0 Å². The Morgan fingerprint density at radius 1 is 0.833 bits per heavy atom. The molecule has 5 rings (SSSR count). The van der Waals surface area contributed by atoms with E-state index >= 15 is 0 Å². The molecule has 1 aliphatic rings. The average Bonchev–Trinajstić information content (AvgIpc) is 3.51. The Morgan fingerprint density at radius 3 is 2.00 bits per heavy atom. The number of benzene rings is 3. The van der Waals surface area contributed by atoms with E-state index in [9.17, 15) is 0 Å². The van der Waals surface area contributed by atoms with Crippen LogP contribution in [0.5, 0.6) is 0 Å². The molecule has 0 saturated carbocycles. The maximum Gasteiger partial charge on any atom is 0.181 e. The molecule has 3 aromatic carbocycles. The molecule has 186 valence electrons. The fraction of sp³-hybridized carbons (Fsp3) is 0.310. The van der Waals surface area contributed by atoms with Gasteiger partial charge in [-0.2, -0.15) is 0 Å². The molecule has 36 heavy (non-hydrogen) atoms. The number of rotatable bonds is 11. The van der Waals surface area contributed by atoms with Gasteiger partial charge in [-0.1, -0.05) is 96.2 Å². The number of nitrogens with zero attached hydrogens (tertiary/aromatic N) is 3. The predicted molar refractivity (Wildman–Crippen MR) is 135 cm³/mol. The van der Waals surface area contributed by atoms with Crippen LogP contribution in [0.4, 0.5) is 0 Å². The molecule has 0 unspecified atom stereocenters. The number of aromatic nitrogens is 3. The maximum absolute atomic E-state index is 6.65. The molecule has 3 atom stereocenters. The van der Waals surface area contributed by atoms with Crippen LogP contribution in [0.25, 0.3) is 0 Å². The van der Waals surface area contributed by atoms with Gasteiger partial charge in [0.1, 0.15) is 11.7 Å². The fourth-order valence-electron chi connectivity index (χ4n) is 4.40. The Bertz CT molecular complexity index is 1200. The highest BCUT2D eigenvalue weighted by Crippen LogP contribution is 2.39. The molecule has 1 saturated heterocycles. The third-order valence-corrected chi connectivity index (χ3v) is 6.37. The topological polar surface area (TPSA) is 67.6 Å². The van der Waals surface area contributed by atoms with Crippen LogP contribution in [-0.2, 0) is 38.8 Å². The van der Waals surface area contributed by atoms with Crippen molar-refractivity contribution >= 4 is 0 Å². The van der Waals surface area contributed by atoms with Crippen molar-refractivity contribution in [3.8, 4) is 0 Å². The van der Waals surface area contributed by atoms with Gasteiger partial charge in [0.15, 0.2) is 6.23 Å². The highest BCUT2D eigenvalue weighted by molar-refractivity contribution is 5.16. The van der Waals surface area contributed by atoms with Gasteiger partial charge in [-0.3, -0.25) is 0 Å². The molecule has 0 aliphatic carbocycles. The van der Waals surface area contributed by atoms with Crippen molar-refractivity contribution < 1.29 is 18.9 Å². The maximum atomic E-state index is 6.65. The summed E-state index contributed by atoms with van der Waals surface area (Å²) in [6.07, 6.45) is 0.749. The SMILES string of the molecule is Cc1cnnn1[C@@H]1OC[C@@](COCc2ccccc2)(OCc2ccccc2)[C@H]1OCc1ccccc1. The van der Waals surface area contributed by atoms with Crippen LogP contribution >= 0.6 is 0 Å². The molecule has 4 aromatic rings. The summed E-state index contributed by atoms with van der Waals surface area (Å²) in [5, 5.41) is 8.35. The first-order valence-corrected chi connectivity index (χ1v) is 12.2. The zero-order valence-electron chi connectivity index (χ0n) is 20.4. The van der Waals surface area contributed by atoms with E-state index in [4.69, 9.17) is 18.9 Å². The van der Waals surface area contributed by atoms with E-state index in [1.807, 2.05) is 97.9 Å². The molecule has 7 heteroatoms. The molecule has 1 aliphatic heterocycles. The normalized spacial score (nSPS) is 21.6. The highest BCUT2D eigenvalue weighted by atomic mass is 16.6. The molecule has 0 N–H and O–H groups in total. The predicted octanol–water partition coefficient (Wildman–Crippen LogP) is 4.87. The Morgan fingerprint density at radius 2 is 1.42 bits per heavy atom.